The summed E-state index contributed by atoms with van der Waals surface area (Å²) in [5.74, 6) is 0. The molecule has 0 unspecified atom stereocenters. The van der Waals surface area contributed by atoms with E-state index < -0.39 is 6.15 Å². The normalized spacial score (nSPS) is 11.3. The van der Waals surface area contributed by atoms with E-state index in [4.69, 9.17) is 0 Å². The van der Waals surface area contributed by atoms with Crippen molar-refractivity contribution in [3.05, 3.63) is 265 Å². The number of nitrogens with zero attached hydrogens (tertiary/aromatic N) is 1. The Balaban J connectivity index is 0.000000168. The van der Waals surface area contributed by atoms with E-state index >= 15 is 0 Å². The minimum atomic E-state index is -0.727. The Labute approximate surface area is 322 Å². The Hall–Kier alpha value is -6.22. The predicted molar refractivity (Wildman–Crippen MR) is 233 cm³/mol. The molecule has 8 aromatic carbocycles. The fraction of sp³-hybridized carbons (Fsp3) is 0.0769. The van der Waals surface area contributed by atoms with Crippen LogP contribution in [0.2, 0.25) is 0 Å². The van der Waals surface area contributed by atoms with Gasteiger partial charge in [0, 0.05) is 54.7 Å². The fourth-order valence-electron chi connectivity index (χ4n) is 8.39. The number of rotatable bonds is 12. The summed E-state index contributed by atoms with van der Waals surface area (Å²) in [4.78, 5) is 0. The van der Waals surface area contributed by atoms with E-state index in [1.165, 1.54) is 45.0 Å². The van der Waals surface area contributed by atoms with E-state index in [9.17, 15) is 0 Å². The summed E-state index contributed by atoms with van der Waals surface area (Å²) in [7, 11) is 0. The summed E-state index contributed by atoms with van der Waals surface area (Å²) in [6, 6.07) is 86.9. The van der Waals surface area contributed by atoms with E-state index in [1.807, 2.05) is 0 Å². The molecule has 1 nitrogen and oxygen atoms in total. The fourth-order valence-corrected chi connectivity index (χ4v) is 8.39. The van der Waals surface area contributed by atoms with Crippen molar-refractivity contribution >= 4 is 28.9 Å². The van der Waals surface area contributed by atoms with E-state index in [0.29, 0.717) is 4.48 Å². The molecule has 0 amide bonds. The molecule has 0 aliphatic carbocycles. The first-order valence-electron chi connectivity index (χ1n) is 19.2. The van der Waals surface area contributed by atoms with Gasteiger partial charge in [0.15, 0.2) is 0 Å². The van der Waals surface area contributed by atoms with E-state index in [0.717, 1.165) is 25.3 Å². The van der Waals surface area contributed by atoms with Crippen LogP contribution in [0.1, 0.15) is 22.3 Å². The average molecular weight is 698 g/mol. The molecule has 0 bridgehead atoms. The van der Waals surface area contributed by atoms with Gasteiger partial charge in [-0.2, -0.15) is 29.8 Å². The molecule has 0 atom stereocenters. The Morgan fingerprint density at radius 3 is 0.574 bits per heavy atom. The third-order valence-corrected chi connectivity index (χ3v) is 10.6. The summed E-state index contributed by atoms with van der Waals surface area (Å²) >= 11 is 0. The van der Waals surface area contributed by atoms with Gasteiger partial charge in [-0.3, -0.25) is 0 Å². The van der Waals surface area contributed by atoms with Crippen molar-refractivity contribution in [1.82, 2.24) is 4.48 Å². The number of benzene rings is 8. The van der Waals surface area contributed by atoms with Gasteiger partial charge in [0.05, 0.1) is 0 Å². The van der Waals surface area contributed by atoms with Crippen molar-refractivity contribution in [3.63, 3.8) is 0 Å². The van der Waals surface area contributed by atoms with Gasteiger partial charge in [-0.15, -0.1) is 0 Å². The molecule has 0 saturated carbocycles. The van der Waals surface area contributed by atoms with E-state index in [2.05, 4.69) is 243 Å². The molecule has 264 valence electrons. The first kappa shape index (κ1) is 36.2. The van der Waals surface area contributed by atoms with Gasteiger partial charge in [-0.1, -0.05) is 216 Å². The largest absolute Gasteiger partial charge is 0.194 e. The Kier molecular flexibility index (Phi) is 12.1. The second kappa shape index (κ2) is 18.0. The number of hydrogen-bond donors (Lipinski definition) is 0. The van der Waals surface area contributed by atoms with Crippen molar-refractivity contribution in [3.8, 4) is 0 Å². The Morgan fingerprint density at radius 1 is 0.222 bits per heavy atom. The lowest BCUT2D eigenvalue weighted by Gasteiger charge is -2.41. The van der Waals surface area contributed by atoms with Crippen molar-refractivity contribution < 1.29 is 0 Å². The van der Waals surface area contributed by atoms with Gasteiger partial charge in [0.25, 0.3) is 0 Å². The van der Waals surface area contributed by atoms with Crippen molar-refractivity contribution in [2.75, 3.05) is 0 Å². The van der Waals surface area contributed by atoms with Crippen molar-refractivity contribution in [1.29, 1.82) is 0 Å². The Bertz CT molecular complexity index is 1890. The minimum Gasteiger partial charge on any atom is -0.194 e. The molecule has 0 N–H and O–H groups in total. The van der Waals surface area contributed by atoms with Crippen LogP contribution < -0.4 is 4.48 Å². The van der Waals surface area contributed by atoms with Gasteiger partial charge >= 0.3 is 0 Å². The average Bonchev–Trinajstić information content (AvgIpc) is 3.24. The van der Waals surface area contributed by atoms with Gasteiger partial charge < -0.3 is 0 Å². The predicted octanol–water partition coefficient (Wildman–Crippen LogP) is 13.6. The topological polar surface area (TPSA) is 0 Å². The molecule has 8 aromatic rings. The lowest BCUT2D eigenvalue weighted by molar-refractivity contribution is 0.704. The van der Waals surface area contributed by atoms with Gasteiger partial charge in [-0.05, 0) is 0 Å². The molecular formula is C52H48BN. The summed E-state index contributed by atoms with van der Waals surface area (Å²) in [5.41, 5.74) is 10.6. The second-order valence-electron chi connectivity index (χ2n) is 14.5. The number of para-hydroxylation sites is 4. The van der Waals surface area contributed by atoms with Crippen molar-refractivity contribution in [2.45, 2.75) is 25.3 Å². The van der Waals surface area contributed by atoms with Crippen LogP contribution in [0.4, 0.5) is 22.7 Å². The zero-order valence-corrected chi connectivity index (χ0v) is 30.9. The van der Waals surface area contributed by atoms with Crippen LogP contribution in [-0.2, 0) is 25.3 Å². The van der Waals surface area contributed by atoms with Crippen LogP contribution in [0.5, 0.6) is 0 Å². The molecular weight excluding hydrogens is 649 g/mol. The number of hydrogen-bond acceptors (Lipinski definition) is 0. The zero-order chi connectivity index (χ0) is 36.7. The van der Waals surface area contributed by atoms with Crippen LogP contribution in [0, 0.1) is 0 Å². The molecule has 0 heterocycles. The molecule has 2 heteroatoms. The highest BCUT2D eigenvalue weighted by Crippen LogP contribution is 2.50. The molecule has 54 heavy (non-hydrogen) atoms. The van der Waals surface area contributed by atoms with Gasteiger partial charge in [-0.25, -0.2) is 0 Å². The molecule has 0 aliphatic heterocycles. The quantitative estimate of drug-likeness (QED) is 0.0881. The smallest absolute Gasteiger partial charge is 0.148 e. The third kappa shape index (κ3) is 8.86. The number of quaternary nitrogens is 1. The summed E-state index contributed by atoms with van der Waals surface area (Å²) in [5, 5.41) is 0. The lowest BCUT2D eigenvalue weighted by atomic mass is 9.16. The van der Waals surface area contributed by atoms with Gasteiger partial charge in [0.2, 0.25) is 0 Å². The molecule has 0 aromatic heterocycles. The zero-order valence-electron chi connectivity index (χ0n) is 30.9. The second-order valence-corrected chi connectivity index (χ2v) is 14.5. The molecule has 0 radical (unpaired) electrons. The molecule has 0 aliphatic rings. The van der Waals surface area contributed by atoms with E-state index in [-0.39, 0.29) is 0 Å². The first-order chi connectivity index (χ1) is 26.7. The van der Waals surface area contributed by atoms with Crippen LogP contribution in [-0.4, -0.2) is 6.15 Å². The molecule has 0 saturated heterocycles. The molecule has 0 spiro atoms. The SMILES string of the molecule is c1ccc(C[B-](Cc2ccccc2)(Cc2ccccc2)Cc2ccccc2)cc1.c1ccc([N+](c2ccccc2)(c2ccccc2)c2ccccc2)cc1. The van der Waals surface area contributed by atoms with Crippen LogP contribution in [0.3, 0.4) is 0 Å². The first-order valence-corrected chi connectivity index (χ1v) is 19.2. The lowest BCUT2D eigenvalue weighted by Crippen LogP contribution is -2.46. The van der Waals surface area contributed by atoms with Crippen LogP contribution in [0.15, 0.2) is 243 Å². The Morgan fingerprint density at radius 2 is 0.389 bits per heavy atom. The summed E-state index contributed by atoms with van der Waals surface area (Å²) in [6.45, 7) is 0. The van der Waals surface area contributed by atoms with Crippen LogP contribution >= 0.6 is 0 Å². The standard InChI is InChI=1S/C28H28B.C24H20N/c1-5-13-25(14-6-1)21-29(22-26-15-7-2-8-16-26,23-27-17-9-3-10-18-27)24-28-19-11-4-12-20-28;1-5-13-21(14-6-1)25(22-15-7-2-8-16-22,23-17-9-3-10-18-23)24-19-11-4-12-20-24/h1-20H,21-24H2;1-20H/q-1;+1. The third-order valence-electron chi connectivity index (χ3n) is 10.6. The maximum atomic E-state index is 2.29. The highest BCUT2D eigenvalue weighted by atomic mass is 15.4. The highest BCUT2D eigenvalue weighted by Gasteiger charge is 2.38. The van der Waals surface area contributed by atoms with Crippen LogP contribution in [0.25, 0.3) is 0 Å². The highest BCUT2D eigenvalue weighted by molar-refractivity contribution is 6.77. The minimum absolute atomic E-state index is 0.559. The van der Waals surface area contributed by atoms with Gasteiger partial charge in [0.1, 0.15) is 22.7 Å². The maximum absolute atomic E-state index is 2.29. The monoisotopic (exact) mass is 697 g/mol. The van der Waals surface area contributed by atoms with E-state index in [1.54, 1.807) is 0 Å². The molecule has 8 rings (SSSR count). The van der Waals surface area contributed by atoms with Crippen molar-refractivity contribution in [2.24, 2.45) is 0 Å². The summed E-state index contributed by atoms with van der Waals surface area (Å²) < 4.78 is 0.559. The summed E-state index contributed by atoms with van der Waals surface area (Å²) in [6.07, 6.45) is 3.77. The maximum Gasteiger partial charge on any atom is 0.148 e. The molecule has 0 fully saturated rings.